The van der Waals surface area contributed by atoms with Gasteiger partial charge >= 0.3 is 0 Å². The van der Waals surface area contributed by atoms with E-state index in [-0.39, 0.29) is 5.91 Å². The van der Waals surface area contributed by atoms with Gasteiger partial charge < -0.3 is 9.88 Å². The van der Waals surface area contributed by atoms with E-state index in [2.05, 4.69) is 56.3 Å². The van der Waals surface area contributed by atoms with Crippen LogP contribution in [-0.2, 0) is 6.54 Å². The molecule has 0 radical (unpaired) electrons. The van der Waals surface area contributed by atoms with E-state index < -0.39 is 0 Å². The predicted octanol–water partition coefficient (Wildman–Crippen LogP) is 3.71. The summed E-state index contributed by atoms with van der Waals surface area (Å²) in [4.78, 5) is 20.8. The highest BCUT2D eigenvalue weighted by atomic mass is 79.9. The summed E-state index contributed by atoms with van der Waals surface area (Å²) in [5.74, 6) is 0.325. The van der Waals surface area contributed by atoms with Crippen molar-refractivity contribution in [2.75, 3.05) is 5.32 Å². The number of carbonyl (C=O) groups is 1. The van der Waals surface area contributed by atoms with Gasteiger partial charge in [0.1, 0.15) is 4.88 Å². The second-order valence-corrected chi connectivity index (χ2v) is 7.16. The summed E-state index contributed by atoms with van der Waals surface area (Å²) < 4.78 is 2.62. The third kappa shape index (κ3) is 3.61. The zero-order chi connectivity index (χ0) is 15.5. The number of imidazole rings is 1. The molecule has 0 atom stereocenters. The van der Waals surface area contributed by atoms with E-state index in [4.69, 9.17) is 0 Å². The standard InChI is InChI=1S/C15H13BrN4OS/c1-10-3-2-4-11(5-10)7-20-8-13(18-9-20)19-14(21)12-6-17-15(16)22-12/h2-6,8-9H,7H2,1H3,(H,19,21). The first kappa shape index (κ1) is 14.9. The first-order valence-corrected chi connectivity index (χ1v) is 8.21. The van der Waals surface area contributed by atoms with Gasteiger partial charge in [0.05, 0.1) is 12.5 Å². The summed E-state index contributed by atoms with van der Waals surface area (Å²) in [5.41, 5.74) is 2.42. The Bertz CT molecular complexity index is 811. The lowest BCUT2D eigenvalue weighted by molar-refractivity contribution is 0.103. The molecule has 1 aromatic carbocycles. The number of nitrogens with zero attached hydrogens (tertiary/aromatic N) is 3. The number of amides is 1. The van der Waals surface area contributed by atoms with Crippen LogP contribution < -0.4 is 5.32 Å². The Balaban J connectivity index is 1.67. The molecule has 0 aliphatic heterocycles. The van der Waals surface area contributed by atoms with Gasteiger partial charge in [-0.15, -0.1) is 11.3 Å². The quantitative estimate of drug-likeness (QED) is 0.754. The van der Waals surface area contributed by atoms with Crippen molar-refractivity contribution in [2.45, 2.75) is 13.5 Å². The van der Waals surface area contributed by atoms with E-state index in [9.17, 15) is 4.79 Å². The van der Waals surface area contributed by atoms with Crippen molar-refractivity contribution >= 4 is 39.0 Å². The number of benzene rings is 1. The maximum atomic E-state index is 12.0. The molecule has 0 saturated heterocycles. The molecule has 0 aliphatic carbocycles. The monoisotopic (exact) mass is 376 g/mol. The number of hydrogen-bond acceptors (Lipinski definition) is 4. The van der Waals surface area contributed by atoms with Crippen molar-refractivity contribution in [2.24, 2.45) is 0 Å². The molecule has 1 N–H and O–H groups in total. The van der Waals surface area contributed by atoms with Crippen molar-refractivity contribution < 1.29 is 4.79 Å². The van der Waals surface area contributed by atoms with Crippen molar-refractivity contribution in [3.8, 4) is 0 Å². The first-order chi connectivity index (χ1) is 10.6. The molecule has 22 heavy (non-hydrogen) atoms. The number of aromatic nitrogens is 3. The van der Waals surface area contributed by atoms with Gasteiger partial charge in [-0.25, -0.2) is 9.97 Å². The van der Waals surface area contributed by atoms with Crippen LogP contribution in [0.5, 0.6) is 0 Å². The van der Waals surface area contributed by atoms with Crippen LogP contribution in [-0.4, -0.2) is 20.4 Å². The fourth-order valence-electron chi connectivity index (χ4n) is 2.07. The summed E-state index contributed by atoms with van der Waals surface area (Å²) in [6.45, 7) is 2.78. The summed E-state index contributed by atoms with van der Waals surface area (Å²) in [5, 5.41) is 2.77. The number of hydrogen-bond donors (Lipinski definition) is 1. The van der Waals surface area contributed by atoms with Crippen LogP contribution in [0.4, 0.5) is 5.82 Å². The van der Waals surface area contributed by atoms with Gasteiger partial charge in [-0.05, 0) is 28.4 Å². The van der Waals surface area contributed by atoms with Gasteiger partial charge in [-0.3, -0.25) is 4.79 Å². The van der Waals surface area contributed by atoms with Gasteiger partial charge in [0.15, 0.2) is 9.73 Å². The molecule has 1 amide bonds. The van der Waals surface area contributed by atoms with Crippen LogP contribution >= 0.6 is 27.3 Å². The molecule has 0 fully saturated rings. The number of aryl methyl sites for hydroxylation is 1. The zero-order valence-corrected chi connectivity index (χ0v) is 14.2. The van der Waals surface area contributed by atoms with Crippen molar-refractivity contribution in [1.29, 1.82) is 0 Å². The molecule has 7 heteroatoms. The molecule has 0 bridgehead atoms. The van der Waals surface area contributed by atoms with Crippen LogP contribution in [0.15, 0.2) is 46.9 Å². The highest BCUT2D eigenvalue weighted by Crippen LogP contribution is 2.19. The molecule has 0 saturated carbocycles. The number of carbonyl (C=O) groups excluding carboxylic acids is 1. The van der Waals surface area contributed by atoms with Gasteiger partial charge in [-0.1, -0.05) is 29.8 Å². The van der Waals surface area contributed by atoms with Crippen LogP contribution in [0, 0.1) is 6.92 Å². The molecular weight excluding hydrogens is 364 g/mol. The van der Waals surface area contributed by atoms with Crippen LogP contribution in [0.1, 0.15) is 20.8 Å². The van der Waals surface area contributed by atoms with Crippen LogP contribution in [0.3, 0.4) is 0 Å². The molecule has 0 unspecified atom stereocenters. The minimum atomic E-state index is -0.205. The Morgan fingerprint density at radius 2 is 2.27 bits per heavy atom. The molecule has 0 spiro atoms. The first-order valence-electron chi connectivity index (χ1n) is 6.60. The molecule has 3 aromatic rings. The predicted molar refractivity (Wildman–Crippen MR) is 90.3 cm³/mol. The lowest BCUT2D eigenvalue weighted by atomic mass is 10.1. The summed E-state index contributed by atoms with van der Waals surface area (Å²) >= 11 is 4.53. The Morgan fingerprint density at radius 3 is 3.00 bits per heavy atom. The van der Waals surface area contributed by atoms with Crippen LogP contribution in [0.25, 0.3) is 0 Å². The van der Waals surface area contributed by atoms with Crippen molar-refractivity contribution in [3.63, 3.8) is 0 Å². The second kappa shape index (κ2) is 6.41. The van der Waals surface area contributed by atoms with E-state index >= 15 is 0 Å². The average Bonchev–Trinajstić information content (AvgIpc) is 3.08. The Morgan fingerprint density at radius 1 is 1.41 bits per heavy atom. The van der Waals surface area contributed by atoms with E-state index in [1.165, 1.54) is 28.7 Å². The lowest BCUT2D eigenvalue weighted by Crippen LogP contribution is -2.10. The summed E-state index contributed by atoms with van der Waals surface area (Å²) in [6.07, 6.45) is 5.06. The highest BCUT2D eigenvalue weighted by molar-refractivity contribution is 9.11. The number of halogens is 1. The smallest absolute Gasteiger partial charge is 0.268 e. The van der Waals surface area contributed by atoms with Crippen LogP contribution in [0.2, 0.25) is 0 Å². The van der Waals surface area contributed by atoms with Gasteiger partial charge in [0.2, 0.25) is 0 Å². The average molecular weight is 377 g/mol. The van der Waals surface area contributed by atoms with Gasteiger partial charge in [-0.2, -0.15) is 0 Å². The summed E-state index contributed by atoms with van der Waals surface area (Å²) in [7, 11) is 0. The minimum absolute atomic E-state index is 0.205. The molecule has 2 aromatic heterocycles. The topological polar surface area (TPSA) is 59.8 Å². The normalized spacial score (nSPS) is 10.6. The third-order valence-corrected chi connectivity index (χ3v) is 4.50. The zero-order valence-electron chi connectivity index (χ0n) is 11.8. The third-order valence-electron chi connectivity index (χ3n) is 3.02. The number of thiazole rings is 1. The fraction of sp³-hybridized carbons (Fsp3) is 0.133. The SMILES string of the molecule is Cc1cccc(Cn2cnc(NC(=O)c3cnc(Br)s3)c2)c1. The van der Waals surface area contributed by atoms with E-state index in [1.54, 1.807) is 6.33 Å². The van der Waals surface area contributed by atoms with Crippen molar-refractivity contribution in [3.05, 3.63) is 62.9 Å². The largest absolute Gasteiger partial charge is 0.331 e. The lowest BCUT2D eigenvalue weighted by Gasteiger charge is -2.03. The van der Waals surface area contributed by atoms with E-state index in [0.29, 0.717) is 14.6 Å². The highest BCUT2D eigenvalue weighted by Gasteiger charge is 2.11. The Labute approximate surface area is 140 Å². The van der Waals surface area contributed by atoms with Crippen molar-refractivity contribution in [1.82, 2.24) is 14.5 Å². The fourth-order valence-corrected chi connectivity index (χ4v) is 3.23. The van der Waals surface area contributed by atoms with Gasteiger partial charge in [0.25, 0.3) is 5.91 Å². The molecular formula is C15H13BrN4OS. The maximum absolute atomic E-state index is 12.0. The minimum Gasteiger partial charge on any atom is -0.331 e. The van der Waals surface area contributed by atoms with E-state index in [1.807, 2.05) is 16.8 Å². The Kier molecular flexibility index (Phi) is 4.35. The maximum Gasteiger partial charge on any atom is 0.268 e. The molecule has 2 heterocycles. The molecule has 5 nitrogen and oxygen atoms in total. The van der Waals surface area contributed by atoms with E-state index in [0.717, 1.165) is 6.54 Å². The molecule has 112 valence electrons. The number of anilines is 1. The molecule has 0 aliphatic rings. The number of nitrogens with one attached hydrogen (secondary N) is 1. The molecule has 3 rings (SSSR count). The van der Waals surface area contributed by atoms with Gasteiger partial charge in [0, 0.05) is 12.7 Å². The number of rotatable bonds is 4. The second-order valence-electron chi connectivity index (χ2n) is 4.85. The Hall–Kier alpha value is -1.99. The summed E-state index contributed by atoms with van der Waals surface area (Å²) in [6, 6.07) is 8.30.